The first-order chi connectivity index (χ1) is 11.6. The van der Waals surface area contributed by atoms with Gasteiger partial charge in [-0.15, -0.1) is 0 Å². The maximum absolute atomic E-state index is 15.3. The standard InChI is InChI=1S/C19H14F2.CH3NO/c20-14-6-4-10-19(21,12-14)18-9-3-8-16-15-7-2-1-5-13(15)11-17(16)18;2-1-3/h1-10H,11-12H2;1H,(H2,2,3). The third-order valence-electron chi connectivity index (χ3n) is 4.36. The second-order valence-electron chi connectivity index (χ2n) is 5.81. The van der Waals surface area contributed by atoms with E-state index in [1.54, 1.807) is 6.07 Å². The van der Waals surface area contributed by atoms with Crippen molar-refractivity contribution in [2.24, 2.45) is 5.73 Å². The summed E-state index contributed by atoms with van der Waals surface area (Å²) in [5.74, 6) is -0.409. The smallest absolute Gasteiger partial charge is 0.204 e. The quantitative estimate of drug-likeness (QED) is 0.665. The Morgan fingerprint density at radius 2 is 1.79 bits per heavy atom. The van der Waals surface area contributed by atoms with Crippen molar-refractivity contribution in [2.75, 3.05) is 0 Å². The topological polar surface area (TPSA) is 43.1 Å². The van der Waals surface area contributed by atoms with Crippen molar-refractivity contribution in [3.05, 3.63) is 83.2 Å². The summed E-state index contributed by atoms with van der Waals surface area (Å²) in [5.41, 5.74) is 7.44. The van der Waals surface area contributed by atoms with Crippen LogP contribution in [0.2, 0.25) is 0 Å². The van der Waals surface area contributed by atoms with Gasteiger partial charge in [0, 0.05) is 6.42 Å². The highest BCUT2D eigenvalue weighted by atomic mass is 19.1. The molecule has 4 rings (SSSR count). The summed E-state index contributed by atoms with van der Waals surface area (Å²) in [5, 5.41) is 0. The molecule has 122 valence electrons. The van der Waals surface area contributed by atoms with Crippen LogP contribution in [0.4, 0.5) is 8.78 Å². The zero-order valence-electron chi connectivity index (χ0n) is 13.0. The summed E-state index contributed by atoms with van der Waals surface area (Å²) in [6.45, 7) is 0. The number of amides is 1. The Bertz CT molecular complexity index is 841. The van der Waals surface area contributed by atoms with Crippen LogP contribution in [0.3, 0.4) is 0 Å². The number of allylic oxidation sites excluding steroid dienone is 4. The van der Waals surface area contributed by atoms with Crippen LogP contribution < -0.4 is 5.73 Å². The number of rotatable bonds is 1. The Labute approximate surface area is 139 Å². The monoisotopic (exact) mass is 325 g/mol. The Morgan fingerprint density at radius 3 is 2.54 bits per heavy atom. The van der Waals surface area contributed by atoms with Crippen LogP contribution in [0, 0.1) is 0 Å². The highest BCUT2D eigenvalue weighted by Crippen LogP contribution is 2.45. The van der Waals surface area contributed by atoms with E-state index in [9.17, 15) is 4.39 Å². The van der Waals surface area contributed by atoms with Gasteiger partial charge >= 0.3 is 0 Å². The van der Waals surface area contributed by atoms with Crippen molar-refractivity contribution in [3.8, 4) is 11.1 Å². The first kappa shape index (κ1) is 16.1. The van der Waals surface area contributed by atoms with E-state index in [0.29, 0.717) is 12.0 Å². The van der Waals surface area contributed by atoms with E-state index in [-0.39, 0.29) is 12.8 Å². The first-order valence-corrected chi connectivity index (χ1v) is 7.68. The number of halogens is 2. The van der Waals surface area contributed by atoms with E-state index in [4.69, 9.17) is 4.79 Å². The summed E-state index contributed by atoms with van der Waals surface area (Å²) in [4.78, 5) is 8.58. The molecule has 0 bridgehead atoms. The fourth-order valence-electron chi connectivity index (χ4n) is 3.40. The summed E-state index contributed by atoms with van der Waals surface area (Å²) in [6.07, 6.45) is 5.02. The van der Waals surface area contributed by atoms with Gasteiger partial charge in [-0.1, -0.05) is 48.5 Å². The highest BCUT2D eigenvalue weighted by molar-refractivity contribution is 5.78. The van der Waals surface area contributed by atoms with Crippen LogP contribution in [0.1, 0.15) is 23.1 Å². The van der Waals surface area contributed by atoms with Crippen molar-refractivity contribution >= 4 is 6.41 Å². The molecule has 0 heterocycles. The van der Waals surface area contributed by atoms with E-state index in [2.05, 4.69) is 17.9 Å². The number of nitrogens with two attached hydrogens (primary N) is 1. The van der Waals surface area contributed by atoms with Gasteiger partial charge < -0.3 is 5.73 Å². The highest BCUT2D eigenvalue weighted by Gasteiger charge is 2.36. The molecule has 24 heavy (non-hydrogen) atoms. The zero-order chi connectivity index (χ0) is 17.2. The van der Waals surface area contributed by atoms with E-state index < -0.39 is 11.5 Å². The lowest BCUT2D eigenvalue weighted by atomic mass is 9.84. The van der Waals surface area contributed by atoms with Crippen LogP contribution >= 0.6 is 0 Å². The third kappa shape index (κ3) is 2.75. The van der Waals surface area contributed by atoms with Crippen molar-refractivity contribution in [3.63, 3.8) is 0 Å². The number of primary amides is 1. The molecule has 2 N–H and O–H groups in total. The number of hydrogen-bond donors (Lipinski definition) is 1. The van der Waals surface area contributed by atoms with Gasteiger partial charge in [0.1, 0.15) is 5.83 Å². The lowest BCUT2D eigenvalue weighted by Gasteiger charge is -2.26. The predicted octanol–water partition coefficient (Wildman–Crippen LogP) is 4.34. The average Bonchev–Trinajstić information content (AvgIpc) is 2.94. The molecule has 2 aliphatic rings. The molecule has 0 aromatic heterocycles. The number of fused-ring (bicyclic) bond motifs is 3. The van der Waals surface area contributed by atoms with E-state index in [1.165, 1.54) is 23.8 Å². The maximum atomic E-state index is 15.3. The number of hydrogen-bond acceptors (Lipinski definition) is 1. The molecule has 4 heteroatoms. The Kier molecular flexibility index (Phi) is 4.30. The van der Waals surface area contributed by atoms with Crippen LogP contribution in [0.25, 0.3) is 11.1 Å². The molecule has 1 unspecified atom stereocenters. The van der Waals surface area contributed by atoms with Gasteiger partial charge in [-0.05, 0) is 46.4 Å². The molecule has 0 saturated carbocycles. The van der Waals surface area contributed by atoms with Crippen molar-refractivity contribution < 1.29 is 13.6 Å². The fourth-order valence-corrected chi connectivity index (χ4v) is 3.40. The molecule has 1 amide bonds. The molecular weight excluding hydrogens is 308 g/mol. The van der Waals surface area contributed by atoms with Gasteiger partial charge in [-0.2, -0.15) is 0 Å². The fraction of sp³-hybridized carbons (Fsp3) is 0.150. The van der Waals surface area contributed by atoms with Gasteiger partial charge in [0.25, 0.3) is 0 Å². The van der Waals surface area contributed by atoms with Crippen molar-refractivity contribution in [1.82, 2.24) is 0 Å². The molecule has 0 fully saturated rings. The molecular formula is C20H17F2NO. The molecule has 0 spiro atoms. The van der Waals surface area contributed by atoms with E-state index in [1.807, 2.05) is 24.3 Å². The van der Waals surface area contributed by atoms with Crippen molar-refractivity contribution in [2.45, 2.75) is 18.5 Å². The zero-order valence-corrected chi connectivity index (χ0v) is 13.0. The largest absolute Gasteiger partial charge is 0.372 e. The summed E-state index contributed by atoms with van der Waals surface area (Å²) < 4.78 is 28.8. The van der Waals surface area contributed by atoms with E-state index >= 15 is 4.39 Å². The molecule has 0 aliphatic heterocycles. The molecule has 1 atom stereocenters. The second-order valence-corrected chi connectivity index (χ2v) is 5.81. The number of carbonyl (C=O) groups is 1. The lowest BCUT2D eigenvalue weighted by Crippen LogP contribution is -2.21. The molecule has 2 aliphatic carbocycles. The average molecular weight is 325 g/mol. The maximum Gasteiger partial charge on any atom is 0.204 e. The number of alkyl halides is 1. The minimum atomic E-state index is -1.74. The summed E-state index contributed by atoms with van der Waals surface area (Å²) in [6, 6.07) is 13.8. The second kappa shape index (κ2) is 6.40. The first-order valence-electron chi connectivity index (χ1n) is 7.68. The lowest BCUT2D eigenvalue weighted by molar-refractivity contribution is -0.106. The van der Waals surface area contributed by atoms with Crippen molar-refractivity contribution in [1.29, 1.82) is 0 Å². The normalized spacial score (nSPS) is 20.3. The molecule has 2 nitrogen and oxygen atoms in total. The van der Waals surface area contributed by atoms with Crippen LogP contribution in [0.5, 0.6) is 0 Å². The van der Waals surface area contributed by atoms with Gasteiger partial charge in [-0.25, -0.2) is 8.78 Å². The summed E-state index contributed by atoms with van der Waals surface area (Å²) in [7, 11) is 0. The minimum Gasteiger partial charge on any atom is -0.372 e. The Morgan fingerprint density at radius 1 is 1.08 bits per heavy atom. The summed E-state index contributed by atoms with van der Waals surface area (Å²) >= 11 is 0. The Hall–Kier alpha value is -2.75. The molecule has 0 radical (unpaired) electrons. The molecule has 0 saturated heterocycles. The van der Waals surface area contributed by atoms with E-state index in [0.717, 1.165) is 16.7 Å². The van der Waals surface area contributed by atoms with Gasteiger partial charge in [-0.3, -0.25) is 4.79 Å². The number of carbonyl (C=O) groups excluding carboxylic acids is 1. The molecule has 2 aromatic carbocycles. The third-order valence-corrected chi connectivity index (χ3v) is 4.36. The van der Waals surface area contributed by atoms with Crippen LogP contribution in [-0.4, -0.2) is 6.41 Å². The molecule has 2 aromatic rings. The van der Waals surface area contributed by atoms with Crippen LogP contribution in [-0.2, 0) is 16.9 Å². The van der Waals surface area contributed by atoms with Gasteiger partial charge in [0.2, 0.25) is 6.41 Å². The van der Waals surface area contributed by atoms with Gasteiger partial charge in [0.05, 0.1) is 0 Å². The van der Waals surface area contributed by atoms with Gasteiger partial charge in [0.15, 0.2) is 5.67 Å². The SMILES string of the molecule is FC1=CC=CC(F)(c2cccc3c2Cc2ccccc2-3)C1.NC=O. The Balaban J connectivity index is 0.000000526. The van der Waals surface area contributed by atoms with Crippen LogP contribution in [0.15, 0.2) is 66.5 Å². The number of benzene rings is 2. The predicted molar refractivity (Wildman–Crippen MR) is 90.7 cm³/mol. The minimum absolute atomic E-state index is 0.212.